The lowest BCUT2D eigenvalue weighted by atomic mass is 10.1. The van der Waals surface area contributed by atoms with Crippen molar-refractivity contribution in [3.8, 4) is 5.69 Å². The molecule has 0 atom stereocenters. The van der Waals surface area contributed by atoms with Crippen molar-refractivity contribution in [2.75, 3.05) is 26.2 Å². The summed E-state index contributed by atoms with van der Waals surface area (Å²) in [5.41, 5.74) is 4.33. The zero-order valence-electron chi connectivity index (χ0n) is 16.4. The maximum Gasteiger partial charge on any atom is 0.253 e. The molecule has 0 radical (unpaired) electrons. The van der Waals surface area contributed by atoms with Gasteiger partial charge in [-0.15, -0.1) is 0 Å². The second kappa shape index (κ2) is 8.44. The fourth-order valence-corrected chi connectivity index (χ4v) is 3.87. The minimum atomic E-state index is 0.134. The Hall–Kier alpha value is -2.85. The molecular weight excluding hydrogens is 346 g/mol. The van der Waals surface area contributed by atoms with Crippen LogP contribution >= 0.6 is 0 Å². The predicted molar refractivity (Wildman–Crippen MR) is 113 cm³/mol. The third-order valence-electron chi connectivity index (χ3n) is 5.46. The molecule has 2 heterocycles. The zero-order chi connectivity index (χ0) is 19.3. The Labute approximate surface area is 167 Å². The standard InChI is InChI=1S/C24H27N3O/c1-20-10-11-22(18-23(20)26-13-5-6-14-26)24(28)27-15-7-12-25(16-17-27)19-21-8-3-2-4-9-21/h2-6,8-11,13-14,18H,7,12,15-17,19H2,1H3. The Morgan fingerprint density at radius 2 is 1.68 bits per heavy atom. The molecule has 0 bridgehead atoms. The molecule has 144 valence electrons. The first-order valence-corrected chi connectivity index (χ1v) is 10.0. The van der Waals surface area contributed by atoms with Crippen LogP contribution in [0.15, 0.2) is 73.1 Å². The van der Waals surface area contributed by atoms with Crippen LogP contribution in [0.25, 0.3) is 5.69 Å². The first kappa shape index (κ1) is 18.5. The van der Waals surface area contributed by atoms with Crippen molar-refractivity contribution >= 4 is 5.91 Å². The van der Waals surface area contributed by atoms with Gasteiger partial charge in [-0.05, 0) is 48.7 Å². The van der Waals surface area contributed by atoms with Crippen LogP contribution < -0.4 is 0 Å². The molecule has 28 heavy (non-hydrogen) atoms. The van der Waals surface area contributed by atoms with Gasteiger partial charge in [-0.2, -0.15) is 0 Å². The number of carbonyl (C=O) groups excluding carboxylic acids is 1. The summed E-state index contributed by atoms with van der Waals surface area (Å²) in [5, 5.41) is 0. The molecule has 1 amide bonds. The lowest BCUT2D eigenvalue weighted by Gasteiger charge is -2.22. The number of benzene rings is 2. The van der Waals surface area contributed by atoms with Gasteiger partial charge in [0.15, 0.2) is 0 Å². The summed E-state index contributed by atoms with van der Waals surface area (Å²) in [7, 11) is 0. The van der Waals surface area contributed by atoms with Crippen molar-refractivity contribution < 1.29 is 4.79 Å². The smallest absolute Gasteiger partial charge is 0.253 e. The van der Waals surface area contributed by atoms with E-state index in [1.54, 1.807) is 0 Å². The third kappa shape index (κ3) is 4.18. The topological polar surface area (TPSA) is 28.5 Å². The van der Waals surface area contributed by atoms with Gasteiger partial charge in [0.2, 0.25) is 0 Å². The first-order chi connectivity index (χ1) is 13.7. The molecule has 1 aliphatic heterocycles. The molecule has 0 N–H and O–H groups in total. The summed E-state index contributed by atoms with van der Waals surface area (Å²) in [6.07, 6.45) is 5.04. The minimum absolute atomic E-state index is 0.134. The average molecular weight is 374 g/mol. The highest BCUT2D eigenvalue weighted by Crippen LogP contribution is 2.19. The first-order valence-electron chi connectivity index (χ1n) is 10.0. The maximum atomic E-state index is 13.1. The number of nitrogens with zero attached hydrogens (tertiary/aromatic N) is 3. The number of carbonyl (C=O) groups is 1. The summed E-state index contributed by atoms with van der Waals surface area (Å²) in [4.78, 5) is 17.6. The van der Waals surface area contributed by atoms with Crippen LogP contribution in [0.3, 0.4) is 0 Å². The Kier molecular flexibility index (Phi) is 5.58. The van der Waals surface area contributed by atoms with Gasteiger partial charge in [0.05, 0.1) is 0 Å². The molecule has 4 heteroatoms. The summed E-state index contributed by atoms with van der Waals surface area (Å²) < 4.78 is 2.07. The molecule has 0 saturated carbocycles. The number of hydrogen-bond donors (Lipinski definition) is 0. The monoisotopic (exact) mass is 373 g/mol. The van der Waals surface area contributed by atoms with Gasteiger partial charge >= 0.3 is 0 Å². The molecule has 2 aromatic carbocycles. The molecule has 1 aromatic heterocycles. The third-order valence-corrected chi connectivity index (χ3v) is 5.46. The summed E-state index contributed by atoms with van der Waals surface area (Å²) in [6.45, 7) is 6.57. The molecule has 0 spiro atoms. The van der Waals surface area contributed by atoms with E-state index in [1.807, 2.05) is 47.6 Å². The van der Waals surface area contributed by atoms with Crippen LogP contribution in [0.1, 0.15) is 27.9 Å². The predicted octanol–water partition coefficient (Wildman–Crippen LogP) is 4.13. The molecule has 0 unspecified atom stereocenters. The average Bonchev–Trinajstić information content (AvgIpc) is 3.15. The molecule has 4 rings (SSSR count). The highest BCUT2D eigenvalue weighted by Gasteiger charge is 2.21. The SMILES string of the molecule is Cc1ccc(C(=O)N2CCCN(Cc3ccccc3)CC2)cc1-n1cccc1. The van der Waals surface area contributed by atoms with Gasteiger partial charge in [0.25, 0.3) is 5.91 Å². The quantitative estimate of drug-likeness (QED) is 0.688. The van der Waals surface area contributed by atoms with E-state index in [0.717, 1.165) is 56.0 Å². The Morgan fingerprint density at radius 3 is 2.46 bits per heavy atom. The maximum absolute atomic E-state index is 13.1. The lowest BCUT2D eigenvalue weighted by Crippen LogP contribution is -2.35. The molecular formula is C24H27N3O. The lowest BCUT2D eigenvalue weighted by molar-refractivity contribution is 0.0761. The van der Waals surface area contributed by atoms with Crippen molar-refractivity contribution in [1.82, 2.24) is 14.4 Å². The second-order valence-electron chi connectivity index (χ2n) is 7.50. The molecule has 0 aliphatic carbocycles. The normalized spacial score (nSPS) is 15.4. The number of rotatable bonds is 4. The van der Waals surface area contributed by atoms with Crippen molar-refractivity contribution in [3.05, 3.63) is 89.7 Å². The number of aromatic nitrogens is 1. The van der Waals surface area contributed by atoms with Crippen molar-refractivity contribution in [3.63, 3.8) is 0 Å². The minimum Gasteiger partial charge on any atom is -0.337 e. The van der Waals surface area contributed by atoms with Gasteiger partial charge in [-0.1, -0.05) is 36.4 Å². The second-order valence-corrected chi connectivity index (χ2v) is 7.50. The van der Waals surface area contributed by atoms with Crippen LogP contribution in [-0.2, 0) is 6.54 Å². The van der Waals surface area contributed by atoms with E-state index in [2.05, 4.69) is 46.7 Å². The van der Waals surface area contributed by atoms with Crippen LogP contribution in [0.4, 0.5) is 0 Å². The van der Waals surface area contributed by atoms with Crippen molar-refractivity contribution in [1.29, 1.82) is 0 Å². The van der Waals surface area contributed by atoms with Gasteiger partial charge in [0.1, 0.15) is 0 Å². The van der Waals surface area contributed by atoms with Crippen LogP contribution in [0, 0.1) is 6.92 Å². The number of hydrogen-bond acceptors (Lipinski definition) is 2. The van der Waals surface area contributed by atoms with E-state index in [9.17, 15) is 4.79 Å². The van der Waals surface area contributed by atoms with Gasteiger partial charge in [0, 0.05) is 56.4 Å². The Bertz CT molecular complexity index is 918. The van der Waals surface area contributed by atoms with E-state index >= 15 is 0 Å². The van der Waals surface area contributed by atoms with Crippen molar-refractivity contribution in [2.24, 2.45) is 0 Å². The van der Waals surface area contributed by atoms with E-state index in [4.69, 9.17) is 0 Å². The summed E-state index contributed by atoms with van der Waals surface area (Å²) in [6, 6.07) is 20.6. The van der Waals surface area contributed by atoms with Crippen LogP contribution in [0.5, 0.6) is 0 Å². The van der Waals surface area contributed by atoms with Gasteiger partial charge in [-0.25, -0.2) is 0 Å². The molecule has 3 aromatic rings. The summed E-state index contributed by atoms with van der Waals surface area (Å²) in [5.74, 6) is 0.134. The van der Waals surface area contributed by atoms with Crippen LogP contribution in [0.2, 0.25) is 0 Å². The highest BCUT2D eigenvalue weighted by molar-refractivity contribution is 5.95. The van der Waals surface area contributed by atoms with E-state index in [0.29, 0.717) is 0 Å². The fourth-order valence-electron chi connectivity index (χ4n) is 3.87. The van der Waals surface area contributed by atoms with E-state index in [1.165, 1.54) is 5.56 Å². The van der Waals surface area contributed by atoms with Gasteiger partial charge < -0.3 is 9.47 Å². The Balaban J connectivity index is 1.45. The molecule has 1 fully saturated rings. The molecule has 4 nitrogen and oxygen atoms in total. The zero-order valence-corrected chi connectivity index (χ0v) is 16.4. The van der Waals surface area contributed by atoms with E-state index < -0.39 is 0 Å². The number of aryl methyl sites for hydroxylation is 1. The fraction of sp³-hybridized carbons (Fsp3) is 0.292. The summed E-state index contributed by atoms with van der Waals surface area (Å²) >= 11 is 0. The van der Waals surface area contributed by atoms with Crippen LogP contribution in [-0.4, -0.2) is 46.5 Å². The van der Waals surface area contributed by atoms with E-state index in [-0.39, 0.29) is 5.91 Å². The molecule has 1 aliphatic rings. The Morgan fingerprint density at radius 1 is 0.893 bits per heavy atom. The molecule has 1 saturated heterocycles. The highest BCUT2D eigenvalue weighted by atomic mass is 16.2. The largest absolute Gasteiger partial charge is 0.337 e. The van der Waals surface area contributed by atoms with Crippen molar-refractivity contribution in [2.45, 2.75) is 19.9 Å². The van der Waals surface area contributed by atoms with Gasteiger partial charge in [-0.3, -0.25) is 9.69 Å². The number of amides is 1.